The molecule has 4 rings (SSSR count). The smallest absolute Gasteiger partial charge is 0.391 e. The highest BCUT2D eigenvalue weighted by atomic mass is 31.2. The second-order valence-electron chi connectivity index (χ2n) is 19.8. The Morgan fingerprint density at radius 3 is 1.97 bits per heavy atom. The Bertz CT molecular complexity index is 2070. The molecule has 14 N–H and O–H groups in total. The monoisotopic (exact) mass is 1170 g/mol. The Morgan fingerprint density at radius 2 is 1.35 bits per heavy atom. The molecule has 79 heavy (non-hydrogen) atoms. The normalized spacial score (nSPS) is 20.6. The lowest BCUT2D eigenvalue weighted by atomic mass is 10.0. The van der Waals surface area contributed by atoms with Crippen LogP contribution in [0.15, 0.2) is 6.33 Å². The van der Waals surface area contributed by atoms with Gasteiger partial charge in [0.05, 0.1) is 71.7 Å². The molecule has 2 unspecified atom stereocenters. The summed E-state index contributed by atoms with van der Waals surface area (Å²) < 4.78 is 70.2. The van der Waals surface area contributed by atoms with E-state index in [4.69, 9.17) is 55.5 Å². The average molecular weight is 1170 g/mol. The van der Waals surface area contributed by atoms with E-state index < -0.39 is 65.0 Å². The first-order valence-electron chi connectivity index (χ1n) is 27.2. The Kier molecular flexibility index (Phi) is 30.7. The molecule has 1 aromatic rings. The van der Waals surface area contributed by atoms with Crippen molar-refractivity contribution in [1.82, 2.24) is 25.5 Å². The second kappa shape index (κ2) is 35.9. The number of nitrogen functional groups attached to an aromatic ring is 1. The number of fused-ring (bicyclic) bond motifs is 1. The number of aliphatic hydroxyl groups excluding tert-OH is 1. The summed E-state index contributed by atoms with van der Waals surface area (Å²) in [5.41, 5.74) is 21.9. The van der Waals surface area contributed by atoms with Crippen LogP contribution >= 0.6 is 15.6 Å². The molecular weight excluding hydrogens is 1080 g/mol. The molecule has 3 amide bonds. The highest BCUT2D eigenvalue weighted by Crippen LogP contribution is 2.50. The van der Waals surface area contributed by atoms with Gasteiger partial charge in [0.15, 0.2) is 11.6 Å². The summed E-state index contributed by atoms with van der Waals surface area (Å²) >= 11 is 0. The molecule has 2 fully saturated rings. The summed E-state index contributed by atoms with van der Waals surface area (Å²) in [7, 11) is -8.43. The van der Waals surface area contributed by atoms with Gasteiger partial charge >= 0.3 is 15.6 Å². The van der Waals surface area contributed by atoms with Crippen LogP contribution in [0, 0.1) is 0 Å². The van der Waals surface area contributed by atoms with E-state index >= 15 is 0 Å². The molecular formula is C48H87N11O18P2. The summed E-state index contributed by atoms with van der Waals surface area (Å²) in [4.78, 5) is 96.7. The van der Waals surface area contributed by atoms with Crippen LogP contribution in [0.4, 0.5) is 17.3 Å². The molecule has 0 aromatic carbocycles. The summed E-state index contributed by atoms with van der Waals surface area (Å²) in [6.45, 7) is 0.812. The van der Waals surface area contributed by atoms with E-state index in [0.717, 1.165) is 20.0 Å². The van der Waals surface area contributed by atoms with Crippen molar-refractivity contribution in [2.45, 2.75) is 152 Å². The van der Waals surface area contributed by atoms with Gasteiger partial charge in [-0.3, -0.25) is 42.1 Å². The number of rotatable bonds is 44. The number of ether oxygens (including phenoxy) is 4. The molecule has 4 heterocycles. The number of amides is 3. The van der Waals surface area contributed by atoms with E-state index in [1.54, 1.807) is 4.90 Å². The summed E-state index contributed by atoms with van der Waals surface area (Å²) in [5.74, 6) is -0.277. The van der Waals surface area contributed by atoms with Crippen molar-refractivity contribution in [1.29, 1.82) is 0 Å². The molecule has 0 bridgehead atoms. The number of phosphoric acid groups is 2. The van der Waals surface area contributed by atoms with Crippen molar-refractivity contribution in [3.05, 3.63) is 6.33 Å². The van der Waals surface area contributed by atoms with Crippen LogP contribution in [0.3, 0.4) is 0 Å². The van der Waals surface area contributed by atoms with Gasteiger partial charge in [-0.05, 0) is 71.0 Å². The average Bonchev–Trinajstić information content (AvgIpc) is 4.17. The number of aromatic nitrogens is 2. The molecule has 29 nitrogen and oxygen atoms in total. The van der Waals surface area contributed by atoms with E-state index in [1.165, 1.54) is 11.2 Å². The first-order valence-corrected chi connectivity index (χ1v) is 30.2. The van der Waals surface area contributed by atoms with Crippen LogP contribution in [0.1, 0.15) is 116 Å². The highest BCUT2D eigenvalue weighted by Gasteiger charge is 2.46. The van der Waals surface area contributed by atoms with E-state index in [-0.39, 0.29) is 133 Å². The number of ketones is 2. The molecule has 0 saturated carbocycles. The quantitative estimate of drug-likeness (QED) is 0.0320. The maximum absolute atomic E-state index is 13.7. The minimum atomic E-state index is -4.91. The van der Waals surface area contributed by atoms with Crippen molar-refractivity contribution < 1.29 is 85.0 Å². The number of hydrogen-bond donors (Lipinski definition) is 10. The van der Waals surface area contributed by atoms with Crippen molar-refractivity contribution in [2.24, 2.45) is 17.2 Å². The number of nitrogens with one attached hydrogen (secondary N) is 3. The lowest BCUT2D eigenvalue weighted by Gasteiger charge is -2.34. The largest absolute Gasteiger partial charge is 0.472 e. The van der Waals surface area contributed by atoms with Gasteiger partial charge in [-0.1, -0.05) is 12.8 Å². The number of carbonyl (C=O) groups is 5. The Hall–Kier alpha value is -3.87. The van der Waals surface area contributed by atoms with Crippen molar-refractivity contribution >= 4 is 62.3 Å². The maximum atomic E-state index is 13.7. The van der Waals surface area contributed by atoms with Gasteiger partial charge < -0.3 is 82.5 Å². The first-order chi connectivity index (χ1) is 37.8. The van der Waals surface area contributed by atoms with Gasteiger partial charge in [0.25, 0.3) is 0 Å². The lowest BCUT2D eigenvalue weighted by Crippen LogP contribution is -2.58. The van der Waals surface area contributed by atoms with Crippen LogP contribution in [0.5, 0.6) is 0 Å². The van der Waals surface area contributed by atoms with Crippen LogP contribution in [-0.4, -0.2) is 195 Å². The topological polar surface area (TPSA) is 426 Å². The van der Waals surface area contributed by atoms with Gasteiger partial charge in [0, 0.05) is 71.6 Å². The van der Waals surface area contributed by atoms with Gasteiger partial charge in [-0.2, -0.15) is 0 Å². The molecule has 452 valence electrons. The number of Topliss-reactive ketones (excluding diaryl/α,β-unsaturated/α-hetero) is 2. The number of carbonyl (C=O) groups excluding carboxylic acids is 5. The van der Waals surface area contributed by atoms with Gasteiger partial charge in [0.1, 0.15) is 47.6 Å². The molecule has 0 radical (unpaired) electrons. The third-order valence-corrected chi connectivity index (χ3v) is 15.2. The summed E-state index contributed by atoms with van der Waals surface area (Å²) in [6.07, 6.45) is 3.82. The highest BCUT2D eigenvalue weighted by molar-refractivity contribution is 7.47. The predicted molar refractivity (Wildman–Crippen MR) is 288 cm³/mol. The van der Waals surface area contributed by atoms with Crippen LogP contribution in [-0.2, 0) is 70.1 Å². The van der Waals surface area contributed by atoms with E-state index in [1.807, 2.05) is 0 Å². The zero-order chi connectivity index (χ0) is 57.7. The van der Waals surface area contributed by atoms with E-state index in [2.05, 4.69) is 30.4 Å². The third-order valence-electron chi connectivity index (χ3n) is 13.3. The number of hydrogen-bond acceptors (Lipinski definition) is 24. The van der Waals surface area contributed by atoms with Crippen molar-refractivity contribution in [2.75, 3.05) is 115 Å². The fraction of sp³-hybridized carbons (Fsp3) is 0.812. The zero-order valence-electron chi connectivity index (χ0n) is 45.5. The van der Waals surface area contributed by atoms with E-state index in [0.29, 0.717) is 95.5 Å². The fourth-order valence-corrected chi connectivity index (χ4v) is 10.4. The molecule has 31 heteroatoms. The van der Waals surface area contributed by atoms with Gasteiger partial charge in [-0.15, -0.1) is 0 Å². The van der Waals surface area contributed by atoms with E-state index in [9.17, 15) is 48.0 Å². The van der Waals surface area contributed by atoms with Gasteiger partial charge in [-0.25, -0.2) is 19.1 Å². The van der Waals surface area contributed by atoms with Crippen LogP contribution in [0.2, 0.25) is 0 Å². The van der Waals surface area contributed by atoms with Crippen LogP contribution in [0.25, 0.3) is 0 Å². The van der Waals surface area contributed by atoms with Crippen molar-refractivity contribution in [3.63, 3.8) is 0 Å². The number of anilines is 3. The third kappa shape index (κ3) is 25.0. The fourth-order valence-electron chi connectivity index (χ4n) is 8.96. The van der Waals surface area contributed by atoms with Gasteiger partial charge in [0.2, 0.25) is 17.7 Å². The standard InChI is InChI=1S/C48H87N11O18P2/c1-70-78(66,67)75-29-40-39(26-44(76-40)59-34-56-45-46(52)54-33-55-47(45)59)77-79(68,69)74-28-35-25-38(62)27-58(35)43(65)14-5-3-2-4-13-42(64)57-48(30-71-22-15-36(60)11-6-8-18-49,31-72-23-16-37(61)12-7-9-19-50)32-73-24-17-41(63)53-21-10-20-51/h33,35,38-40,44,56,62H,2-32,34,49-51H2,1H3,(H,53,63)(H,57,64)(H,66,67)(H,68,69)(H2,52,54,55)/t35-,38+,39-,40+,44+/m0/s1. The number of β-amino-alcohol motifs (C(OH)–C–C–N with tert-alkyl or cyclic N) is 1. The summed E-state index contributed by atoms with van der Waals surface area (Å²) in [6, 6.07) is -0.777. The predicted octanol–water partition coefficient (Wildman–Crippen LogP) is 0.868. The molecule has 0 spiro atoms. The Labute approximate surface area is 462 Å². The first kappa shape index (κ1) is 67.6. The maximum Gasteiger partial charge on any atom is 0.472 e. The van der Waals surface area contributed by atoms with Crippen molar-refractivity contribution in [3.8, 4) is 0 Å². The zero-order valence-corrected chi connectivity index (χ0v) is 47.3. The number of likely N-dealkylation sites (tertiary alicyclic amines) is 1. The SMILES string of the molecule is COP(=O)(O)OC[C@H]1O[C@@H](N2CNc3c(N)ncnc32)C[C@@H]1OP(=O)(O)OC[C@@H]1C[C@@H](O)CN1C(=O)CCCCCCC(=O)NC(COCCC(=O)CCCCN)(COCCC(=O)CCCCN)COCCC(=O)NCCCN. The molecule has 7 atom stereocenters. The minimum absolute atomic E-state index is 0.0141. The Morgan fingerprint density at radius 1 is 0.759 bits per heavy atom. The Balaban J connectivity index is 1.29. The molecule has 1 aromatic heterocycles. The molecule has 3 aliphatic rings. The molecule has 2 saturated heterocycles. The second-order valence-corrected chi connectivity index (χ2v) is 22.7. The number of aliphatic hydroxyl groups is 1. The number of nitrogens with zero attached hydrogens (tertiary/aromatic N) is 4. The molecule has 3 aliphatic heterocycles. The summed E-state index contributed by atoms with van der Waals surface area (Å²) in [5, 5.41) is 19.4. The number of phosphoric ester groups is 2. The molecule has 0 aliphatic carbocycles. The minimum Gasteiger partial charge on any atom is -0.391 e. The van der Waals surface area contributed by atoms with Crippen LogP contribution < -0.4 is 43.8 Å². The number of nitrogens with two attached hydrogens (primary N) is 4. The lowest BCUT2D eigenvalue weighted by molar-refractivity contribution is -0.133. The number of unbranched alkanes of at least 4 members (excludes halogenated alkanes) is 5.